The van der Waals surface area contributed by atoms with E-state index in [-0.39, 0.29) is 0 Å². The van der Waals surface area contributed by atoms with Crippen molar-refractivity contribution in [2.45, 2.75) is 19.4 Å². The number of hydrogen-bond donors (Lipinski definition) is 3. The molecule has 0 unspecified atom stereocenters. The molecule has 0 radical (unpaired) electrons. The van der Waals surface area contributed by atoms with E-state index < -0.39 is 5.97 Å². The molecular formula is C18H26N4O2. The zero-order chi connectivity index (χ0) is 16.9. The van der Waals surface area contributed by atoms with Crippen molar-refractivity contribution in [3.05, 3.63) is 35.5 Å². The molecule has 1 aromatic carbocycles. The topological polar surface area (TPSA) is 83.5 Å². The Morgan fingerprint density at radius 1 is 1.25 bits per heavy atom. The SMILES string of the molecule is NCCCn1cc(CCN2CCNCC2)c2ccc(C(=O)O)cc21. The van der Waals surface area contributed by atoms with Crippen LogP contribution in [0.15, 0.2) is 24.4 Å². The van der Waals surface area contributed by atoms with Gasteiger partial charge >= 0.3 is 5.97 Å². The van der Waals surface area contributed by atoms with Gasteiger partial charge in [-0.2, -0.15) is 0 Å². The number of carboxylic acids is 1. The van der Waals surface area contributed by atoms with Crippen LogP contribution in [0.1, 0.15) is 22.3 Å². The number of nitrogens with zero attached hydrogens (tertiary/aromatic N) is 2. The minimum absolute atomic E-state index is 0.336. The second-order valence-electron chi connectivity index (χ2n) is 6.37. The van der Waals surface area contributed by atoms with Crippen molar-refractivity contribution in [2.75, 3.05) is 39.3 Å². The molecule has 1 aliphatic heterocycles. The minimum Gasteiger partial charge on any atom is -0.478 e. The predicted molar refractivity (Wildman–Crippen MR) is 95.6 cm³/mol. The Morgan fingerprint density at radius 2 is 2.04 bits per heavy atom. The lowest BCUT2D eigenvalue weighted by Gasteiger charge is -2.26. The zero-order valence-electron chi connectivity index (χ0n) is 14.0. The lowest BCUT2D eigenvalue weighted by atomic mass is 10.1. The van der Waals surface area contributed by atoms with Crippen molar-refractivity contribution in [1.82, 2.24) is 14.8 Å². The van der Waals surface area contributed by atoms with Gasteiger partial charge in [-0.05, 0) is 37.1 Å². The lowest BCUT2D eigenvalue weighted by molar-refractivity contribution is 0.0697. The number of rotatable bonds is 7. The summed E-state index contributed by atoms with van der Waals surface area (Å²) in [5.41, 5.74) is 8.27. The molecule has 1 aromatic heterocycles. The van der Waals surface area contributed by atoms with E-state index in [4.69, 9.17) is 5.73 Å². The highest BCUT2D eigenvalue weighted by molar-refractivity contribution is 5.94. The van der Waals surface area contributed by atoms with Crippen LogP contribution in [0.5, 0.6) is 0 Å². The fourth-order valence-electron chi connectivity index (χ4n) is 3.36. The molecule has 0 amide bonds. The standard InChI is InChI=1S/C18H26N4O2/c19-5-1-8-22-13-15(4-9-21-10-6-20-7-11-21)16-3-2-14(18(23)24)12-17(16)22/h2-3,12-13,20H,1,4-11,19H2,(H,23,24). The van der Waals surface area contributed by atoms with Gasteiger partial charge in [0, 0.05) is 56.4 Å². The Balaban J connectivity index is 1.84. The molecule has 2 heterocycles. The van der Waals surface area contributed by atoms with Crippen LogP contribution < -0.4 is 11.1 Å². The number of aromatic carboxylic acids is 1. The normalized spacial score (nSPS) is 15.9. The van der Waals surface area contributed by atoms with Gasteiger partial charge < -0.3 is 25.6 Å². The second kappa shape index (κ2) is 7.79. The number of nitrogens with two attached hydrogens (primary N) is 1. The van der Waals surface area contributed by atoms with Gasteiger partial charge in [0.15, 0.2) is 0 Å². The van der Waals surface area contributed by atoms with Crippen molar-refractivity contribution in [2.24, 2.45) is 5.73 Å². The Bertz CT molecular complexity index is 704. The first-order valence-electron chi connectivity index (χ1n) is 8.67. The van der Waals surface area contributed by atoms with Crippen LogP contribution in [0.25, 0.3) is 10.9 Å². The van der Waals surface area contributed by atoms with Gasteiger partial charge in [-0.1, -0.05) is 6.07 Å². The first-order valence-corrected chi connectivity index (χ1v) is 8.67. The Labute approximate surface area is 142 Å². The lowest BCUT2D eigenvalue weighted by Crippen LogP contribution is -2.44. The summed E-state index contributed by atoms with van der Waals surface area (Å²) in [4.78, 5) is 13.7. The smallest absolute Gasteiger partial charge is 0.335 e. The third kappa shape index (κ3) is 3.77. The Kier molecular flexibility index (Phi) is 5.50. The molecule has 0 saturated carbocycles. The van der Waals surface area contributed by atoms with Crippen molar-refractivity contribution < 1.29 is 9.90 Å². The summed E-state index contributed by atoms with van der Waals surface area (Å²) in [7, 11) is 0. The highest BCUT2D eigenvalue weighted by Gasteiger charge is 2.14. The molecule has 4 N–H and O–H groups in total. The van der Waals surface area contributed by atoms with Crippen LogP contribution in [-0.4, -0.2) is 59.8 Å². The van der Waals surface area contributed by atoms with Crippen LogP contribution in [0, 0.1) is 0 Å². The predicted octanol–water partition coefficient (Wildman–Crippen LogP) is 1.14. The molecular weight excluding hydrogens is 304 g/mol. The van der Waals surface area contributed by atoms with E-state index in [0.29, 0.717) is 12.1 Å². The number of carbonyl (C=O) groups is 1. The maximum Gasteiger partial charge on any atom is 0.335 e. The minimum atomic E-state index is -0.883. The van der Waals surface area contributed by atoms with Gasteiger partial charge in [0.2, 0.25) is 0 Å². The van der Waals surface area contributed by atoms with Crippen molar-refractivity contribution in [1.29, 1.82) is 0 Å². The monoisotopic (exact) mass is 330 g/mol. The average molecular weight is 330 g/mol. The number of fused-ring (bicyclic) bond motifs is 1. The van der Waals surface area contributed by atoms with E-state index in [0.717, 1.165) is 63.0 Å². The molecule has 130 valence electrons. The zero-order valence-corrected chi connectivity index (χ0v) is 14.0. The summed E-state index contributed by atoms with van der Waals surface area (Å²) in [6.45, 7) is 6.79. The Hall–Kier alpha value is -1.89. The van der Waals surface area contributed by atoms with Crippen molar-refractivity contribution in [3.63, 3.8) is 0 Å². The molecule has 0 atom stereocenters. The highest BCUT2D eigenvalue weighted by Crippen LogP contribution is 2.24. The van der Waals surface area contributed by atoms with Crippen LogP contribution in [0.3, 0.4) is 0 Å². The molecule has 24 heavy (non-hydrogen) atoms. The van der Waals surface area contributed by atoms with Gasteiger partial charge in [-0.25, -0.2) is 4.79 Å². The molecule has 0 aliphatic carbocycles. The fraction of sp³-hybridized carbons (Fsp3) is 0.500. The van der Waals surface area contributed by atoms with E-state index in [2.05, 4.69) is 21.0 Å². The number of benzene rings is 1. The first kappa shape index (κ1) is 17.0. The number of aromatic nitrogens is 1. The number of carboxylic acid groups (broad SMARTS) is 1. The molecule has 2 aromatic rings. The molecule has 6 heteroatoms. The first-order chi connectivity index (χ1) is 11.7. The maximum atomic E-state index is 11.3. The summed E-state index contributed by atoms with van der Waals surface area (Å²) in [6, 6.07) is 5.43. The number of hydrogen-bond acceptors (Lipinski definition) is 4. The van der Waals surface area contributed by atoms with Gasteiger partial charge in [-0.3, -0.25) is 0 Å². The van der Waals surface area contributed by atoms with Gasteiger partial charge in [0.25, 0.3) is 0 Å². The number of nitrogens with one attached hydrogen (secondary N) is 1. The summed E-state index contributed by atoms with van der Waals surface area (Å²) < 4.78 is 2.15. The molecule has 1 aliphatic rings. The van der Waals surface area contributed by atoms with E-state index in [1.54, 1.807) is 12.1 Å². The molecule has 1 fully saturated rings. The largest absolute Gasteiger partial charge is 0.478 e. The van der Waals surface area contributed by atoms with E-state index in [1.807, 2.05) is 6.07 Å². The van der Waals surface area contributed by atoms with Gasteiger partial charge in [-0.15, -0.1) is 0 Å². The number of piperazine rings is 1. The average Bonchev–Trinajstić information content (AvgIpc) is 2.96. The van der Waals surface area contributed by atoms with Gasteiger partial charge in [0.1, 0.15) is 0 Å². The molecule has 0 bridgehead atoms. The third-order valence-electron chi connectivity index (χ3n) is 4.72. The summed E-state index contributed by atoms with van der Waals surface area (Å²) in [5, 5.41) is 13.8. The fourth-order valence-corrected chi connectivity index (χ4v) is 3.36. The molecule has 0 spiro atoms. The van der Waals surface area contributed by atoms with Crippen molar-refractivity contribution >= 4 is 16.9 Å². The molecule has 3 rings (SSSR count). The van der Waals surface area contributed by atoms with Crippen molar-refractivity contribution in [3.8, 4) is 0 Å². The second-order valence-corrected chi connectivity index (χ2v) is 6.37. The van der Waals surface area contributed by atoms with Crippen LogP contribution >= 0.6 is 0 Å². The van der Waals surface area contributed by atoms with Crippen LogP contribution in [0.2, 0.25) is 0 Å². The van der Waals surface area contributed by atoms with Crippen LogP contribution in [0.4, 0.5) is 0 Å². The summed E-state index contributed by atoms with van der Waals surface area (Å²) in [6.07, 6.45) is 4.05. The highest BCUT2D eigenvalue weighted by atomic mass is 16.4. The molecule has 6 nitrogen and oxygen atoms in total. The third-order valence-corrected chi connectivity index (χ3v) is 4.72. The van der Waals surface area contributed by atoms with E-state index in [9.17, 15) is 9.90 Å². The van der Waals surface area contributed by atoms with E-state index >= 15 is 0 Å². The number of aryl methyl sites for hydroxylation is 1. The quantitative estimate of drug-likeness (QED) is 0.709. The molecule has 1 saturated heterocycles. The summed E-state index contributed by atoms with van der Waals surface area (Å²) in [5.74, 6) is -0.883. The maximum absolute atomic E-state index is 11.3. The van der Waals surface area contributed by atoms with E-state index in [1.165, 1.54) is 5.56 Å². The summed E-state index contributed by atoms with van der Waals surface area (Å²) >= 11 is 0. The van der Waals surface area contributed by atoms with Crippen LogP contribution in [-0.2, 0) is 13.0 Å². The van der Waals surface area contributed by atoms with Gasteiger partial charge in [0.05, 0.1) is 5.56 Å². The Morgan fingerprint density at radius 3 is 2.75 bits per heavy atom.